The van der Waals surface area contributed by atoms with Crippen LogP contribution in [0.5, 0.6) is 0 Å². The highest BCUT2D eigenvalue weighted by molar-refractivity contribution is 6.33. The van der Waals surface area contributed by atoms with E-state index in [1.807, 2.05) is 13.8 Å². The summed E-state index contributed by atoms with van der Waals surface area (Å²) in [5, 5.41) is 6.05. The van der Waals surface area contributed by atoms with E-state index in [2.05, 4.69) is 20.6 Å². The van der Waals surface area contributed by atoms with Gasteiger partial charge in [-0.15, -0.1) is 0 Å². The summed E-state index contributed by atoms with van der Waals surface area (Å²) in [5.41, 5.74) is 0. The second-order valence-electron chi connectivity index (χ2n) is 3.86. The third kappa shape index (κ3) is 4.36. The van der Waals surface area contributed by atoms with Gasteiger partial charge in [-0.1, -0.05) is 11.6 Å². The Hall–Kier alpha value is -1.07. The van der Waals surface area contributed by atoms with E-state index in [4.69, 9.17) is 23.2 Å². The maximum Gasteiger partial charge on any atom is 0.242 e. The smallest absolute Gasteiger partial charge is 0.242 e. The summed E-state index contributed by atoms with van der Waals surface area (Å²) in [4.78, 5) is 19.3. The van der Waals surface area contributed by atoms with Crippen LogP contribution in [-0.4, -0.2) is 28.0 Å². The van der Waals surface area contributed by atoms with E-state index in [0.717, 1.165) is 0 Å². The van der Waals surface area contributed by atoms with Crippen molar-refractivity contribution in [2.75, 3.05) is 5.32 Å². The number of anilines is 1. The predicted octanol–water partition coefficient (Wildman–Crippen LogP) is 2.11. The summed E-state index contributed by atoms with van der Waals surface area (Å²) in [6.45, 7) is 5.49. The number of amides is 1. The Balaban J connectivity index is 2.70. The third-order valence-corrected chi connectivity index (χ3v) is 2.35. The minimum atomic E-state index is -0.458. The fraction of sp³-hybridized carbons (Fsp3) is 0.500. The molecule has 2 N–H and O–H groups in total. The zero-order valence-electron chi connectivity index (χ0n) is 9.79. The average Bonchev–Trinajstić information content (AvgIpc) is 2.22. The average molecular weight is 277 g/mol. The van der Waals surface area contributed by atoms with Crippen LogP contribution in [-0.2, 0) is 4.79 Å². The Bertz CT molecular complexity index is 411. The fourth-order valence-corrected chi connectivity index (χ4v) is 1.41. The number of carbonyl (C=O) groups is 1. The number of aromatic nitrogens is 2. The zero-order chi connectivity index (χ0) is 13.0. The van der Waals surface area contributed by atoms with E-state index in [0.29, 0.717) is 10.8 Å². The Kier molecular flexibility index (Phi) is 4.96. The standard InChI is InChI=1S/C10H14Cl2N4O/c1-5(2)14-9(17)6(3)15-8-7(11)4-13-10(12)16-8/h4-6H,1-3H3,(H,14,17)(H,13,15,16). The highest BCUT2D eigenvalue weighted by atomic mass is 35.5. The summed E-state index contributed by atoms with van der Waals surface area (Å²) < 4.78 is 0. The van der Waals surface area contributed by atoms with Gasteiger partial charge in [0.15, 0.2) is 5.82 Å². The van der Waals surface area contributed by atoms with Crippen molar-refractivity contribution in [3.8, 4) is 0 Å². The number of nitrogens with one attached hydrogen (secondary N) is 2. The summed E-state index contributed by atoms with van der Waals surface area (Å²) in [7, 11) is 0. The first-order chi connectivity index (χ1) is 7.90. The van der Waals surface area contributed by atoms with Gasteiger partial charge in [-0.3, -0.25) is 4.79 Å². The normalized spacial score (nSPS) is 12.4. The molecular weight excluding hydrogens is 263 g/mol. The second-order valence-corrected chi connectivity index (χ2v) is 4.61. The van der Waals surface area contributed by atoms with Gasteiger partial charge in [0.05, 0.1) is 6.20 Å². The van der Waals surface area contributed by atoms with Crippen LogP contribution in [0.25, 0.3) is 0 Å². The van der Waals surface area contributed by atoms with Crippen molar-refractivity contribution in [2.24, 2.45) is 0 Å². The number of nitrogens with zero attached hydrogens (tertiary/aromatic N) is 2. The van der Waals surface area contributed by atoms with Crippen molar-refractivity contribution >= 4 is 34.9 Å². The lowest BCUT2D eigenvalue weighted by atomic mass is 10.3. The summed E-state index contributed by atoms with van der Waals surface area (Å²) in [6.07, 6.45) is 1.38. The van der Waals surface area contributed by atoms with Gasteiger partial charge in [0.25, 0.3) is 0 Å². The SMILES string of the molecule is CC(C)NC(=O)C(C)Nc1nc(Cl)ncc1Cl. The molecule has 0 saturated carbocycles. The molecule has 0 aliphatic heterocycles. The molecule has 0 aromatic carbocycles. The first-order valence-corrected chi connectivity index (χ1v) is 5.90. The van der Waals surface area contributed by atoms with Gasteiger partial charge < -0.3 is 10.6 Å². The molecule has 1 unspecified atom stereocenters. The molecule has 17 heavy (non-hydrogen) atoms. The molecule has 0 bridgehead atoms. The quantitative estimate of drug-likeness (QED) is 0.827. The third-order valence-electron chi connectivity index (χ3n) is 1.89. The molecule has 0 aliphatic rings. The van der Waals surface area contributed by atoms with Crippen LogP contribution in [0.15, 0.2) is 6.20 Å². The maximum atomic E-state index is 11.7. The van der Waals surface area contributed by atoms with Gasteiger partial charge in [-0.05, 0) is 32.4 Å². The van der Waals surface area contributed by atoms with E-state index >= 15 is 0 Å². The van der Waals surface area contributed by atoms with Gasteiger partial charge in [0, 0.05) is 6.04 Å². The molecule has 7 heteroatoms. The topological polar surface area (TPSA) is 66.9 Å². The van der Waals surface area contributed by atoms with Crippen molar-refractivity contribution in [2.45, 2.75) is 32.9 Å². The van der Waals surface area contributed by atoms with Crippen LogP contribution in [0, 0.1) is 0 Å². The lowest BCUT2D eigenvalue weighted by Gasteiger charge is -2.16. The molecule has 1 amide bonds. The molecule has 1 aromatic heterocycles. The van der Waals surface area contributed by atoms with E-state index in [1.54, 1.807) is 6.92 Å². The molecule has 0 radical (unpaired) electrons. The molecule has 1 rings (SSSR count). The van der Waals surface area contributed by atoms with E-state index in [1.165, 1.54) is 6.20 Å². The minimum absolute atomic E-state index is 0.0772. The van der Waals surface area contributed by atoms with Crippen molar-refractivity contribution in [1.29, 1.82) is 0 Å². The first-order valence-electron chi connectivity index (χ1n) is 5.15. The Morgan fingerprint density at radius 1 is 1.35 bits per heavy atom. The van der Waals surface area contributed by atoms with Crippen LogP contribution in [0.4, 0.5) is 5.82 Å². The van der Waals surface area contributed by atoms with Crippen molar-refractivity contribution in [1.82, 2.24) is 15.3 Å². The number of hydrogen-bond acceptors (Lipinski definition) is 4. The number of hydrogen-bond donors (Lipinski definition) is 2. The molecule has 0 aliphatic carbocycles. The van der Waals surface area contributed by atoms with Crippen LogP contribution in [0.2, 0.25) is 10.3 Å². The number of carbonyl (C=O) groups excluding carboxylic acids is 1. The Labute approximate surface area is 110 Å². The predicted molar refractivity (Wildman–Crippen MR) is 68.4 cm³/mol. The Morgan fingerprint density at radius 3 is 2.59 bits per heavy atom. The molecule has 5 nitrogen and oxygen atoms in total. The summed E-state index contributed by atoms with van der Waals surface area (Å²) >= 11 is 11.5. The second kappa shape index (κ2) is 6.02. The molecular formula is C10H14Cl2N4O. The molecule has 0 fully saturated rings. The summed E-state index contributed by atoms with van der Waals surface area (Å²) in [6, 6.07) is -0.378. The Morgan fingerprint density at radius 2 is 2.00 bits per heavy atom. The van der Waals surface area contributed by atoms with Gasteiger partial charge in [0.2, 0.25) is 11.2 Å². The van der Waals surface area contributed by atoms with Gasteiger partial charge >= 0.3 is 0 Å². The highest BCUT2D eigenvalue weighted by Crippen LogP contribution is 2.19. The molecule has 0 saturated heterocycles. The lowest BCUT2D eigenvalue weighted by Crippen LogP contribution is -2.41. The monoisotopic (exact) mass is 276 g/mol. The fourth-order valence-electron chi connectivity index (χ4n) is 1.13. The van der Waals surface area contributed by atoms with Crippen LogP contribution in [0.1, 0.15) is 20.8 Å². The molecule has 0 spiro atoms. The highest BCUT2D eigenvalue weighted by Gasteiger charge is 2.15. The van der Waals surface area contributed by atoms with Gasteiger partial charge in [-0.25, -0.2) is 4.98 Å². The summed E-state index contributed by atoms with van der Waals surface area (Å²) in [5.74, 6) is 0.212. The van der Waals surface area contributed by atoms with Gasteiger partial charge in [0.1, 0.15) is 11.1 Å². The number of rotatable bonds is 4. The van der Waals surface area contributed by atoms with Crippen LogP contribution >= 0.6 is 23.2 Å². The maximum absolute atomic E-state index is 11.7. The van der Waals surface area contributed by atoms with Gasteiger partial charge in [-0.2, -0.15) is 4.98 Å². The van der Waals surface area contributed by atoms with Crippen molar-refractivity contribution < 1.29 is 4.79 Å². The van der Waals surface area contributed by atoms with Crippen molar-refractivity contribution in [3.05, 3.63) is 16.5 Å². The van der Waals surface area contributed by atoms with Crippen LogP contribution in [0.3, 0.4) is 0 Å². The molecule has 1 atom stereocenters. The first kappa shape index (κ1) is 14.0. The van der Waals surface area contributed by atoms with E-state index in [-0.39, 0.29) is 17.2 Å². The van der Waals surface area contributed by atoms with E-state index in [9.17, 15) is 4.79 Å². The minimum Gasteiger partial charge on any atom is -0.357 e. The molecule has 1 aromatic rings. The molecule has 1 heterocycles. The van der Waals surface area contributed by atoms with Crippen LogP contribution < -0.4 is 10.6 Å². The largest absolute Gasteiger partial charge is 0.357 e. The zero-order valence-corrected chi connectivity index (χ0v) is 11.3. The van der Waals surface area contributed by atoms with Crippen molar-refractivity contribution in [3.63, 3.8) is 0 Å². The van der Waals surface area contributed by atoms with E-state index < -0.39 is 6.04 Å². The lowest BCUT2D eigenvalue weighted by molar-refractivity contribution is -0.122. The molecule has 94 valence electrons. The number of halogens is 2.